The molecule has 0 aliphatic heterocycles. The Balaban J connectivity index is -0.000000168. The highest BCUT2D eigenvalue weighted by molar-refractivity contribution is 5.99. The summed E-state index contributed by atoms with van der Waals surface area (Å²) in [7, 11) is 5.59. The molecule has 4 aromatic rings. The first-order chi connectivity index (χ1) is 23.4. The van der Waals surface area contributed by atoms with Gasteiger partial charge < -0.3 is 24.1 Å². The van der Waals surface area contributed by atoms with Gasteiger partial charge in [0.05, 0.1) is 36.0 Å². The monoisotopic (exact) mass is 690 g/mol. The van der Waals surface area contributed by atoms with E-state index < -0.39 is 4.92 Å². The Bertz CT molecular complexity index is 1500. The molecule has 0 aliphatic rings. The summed E-state index contributed by atoms with van der Waals surface area (Å²) >= 11 is 0. The lowest BCUT2D eigenvalue weighted by molar-refractivity contribution is -0.385. The summed E-state index contributed by atoms with van der Waals surface area (Å²) in [5, 5.41) is 13.3. The summed E-state index contributed by atoms with van der Waals surface area (Å²) in [4.78, 5) is 38.3. The minimum absolute atomic E-state index is 0. The third kappa shape index (κ3) is 20.0. The van der Waals surface area contributed by atoms with Gasteiger partial charge in [-0.2, -0.15) is 0 Å². The van der Waals surface area contributed by atoms with E-state index >= 15 is 0 Å². The lowest BCUT2D eigenvalue weighted by Crippen LogP contribution is -1.98. The third-order valence-corrected chi connectivity index (χ3v) is 5.98. The average molecular weight is 691 g/mol. The topological polar surface area (TPSA) is 108 Å². The highest BCUT2D eigenvalue weighted by Crippen LogP contribution is 2.18. The minimum Gasteiger partial charge on any atom is -0.388 e. The molecule has 2 heterocycles. The number of para-hydroxylation sites is 2. The van der Waals surface area contributed by atoms with Gasteiger partial charge in [0.25, 0.3) is 5.69 Å². The number of Topliss-reactive ketones (excluding diaryl/α,β-unsaturated/α-hetero) is 2. The van der Waals surface area contributed by atoms with E-state index in [9.17, 15) is 19.7 Å². The molecule has 2 aromatic carbocycles. The van der Waals surface area contributed by atoms with Gasteiger partial charge in [0, 0.05) is 24.4 Å². The third-order valence-electron chi connectivity index (χ3n) is 5.98. The van der Waals surface area contributed by atoms with Crippen LogP contribution in [-0.2, 0) is 14.1 Å². The van der Waals surface area contributed by atoms with Crippen molar-refractivity contribution in [2.75, 3.05) is 12.4 Å². The van der Waals surface area contributed by atoms with E-state index in [0.717, 1.165) is 22.6 Å². The van der Waals surface area contributed by atoms with E-state index in [0.29, 0.717) is 11.6 Å². The zero-order valence-corrected chi connectivity index (χ0v) is 32.3. The van der Waals surface area contributed by atoms with Gasteiger partial charge in [-0.15, -0.1) is 0 Å². The second-order valence-corrected chi connectivity index (χ2v) is 8.69. The molecule has 0 atom stereocenters. The summed E-state index contributed by atoms with van der Waals surface area (Å²) in [5.41, 5.74) is 3.91. The van der Waals surface area contributed by atoms with E-state index in [-0.39, 0.29) is 30.2 Å². The molecule has 50 heavy (non-hydrogen) atoms. The number of nitro groups is 1. The standard InChI is InChI=1S/C9H11NO.C8H7NO3.2C7H8N2.4C2H6.CH4/c1-7(11)8-5-3-4-6-9(8)10-2;1-6(10)7-4-2-3-5-8(7)9(11)12;2*1-6-4-5-7(8-2)9(6)3;4*1-2;/h3-6,10H,1-2H3;2-5H,1H3;2*4-5H,1,3H3;4*1-2H3;1H4. The summed E-state index contributed by atoms with van der Waals surface area (Å²) in [6, 6.07) is 20.9. The van der Waals surface area contributed by atoms with Crippen LogP contribution in [0.4, 0.5) is 23.0 Å². The number of hydrogen-bond acceptors (Lipinski definition) is 5. The molecule has 0 radical (unpaired) electrons. The molecule has 0 aliphatic carbocycles. The molecule has 276 valence electrons. The van der Waals surface area contributed by atoms with Crippen LogP contribution >= 0.6 is 0 Å². The first-order valence-corrected chi connectivity index (χ1v) is 16.4. The van der Waals surface area contributed by atoms with Crippen LogP contribution < -0.4 is 5.32 Å². The van der Waals surface area contributed by atoms with Gasteiger partial charge in [-0.25, -0.2) is 0 Å². The molecule has 0 fully saturated rings. The van der Waals surface area contributed by atoms with Crippen LogP contribution in [0, 0.1) is 37.1 Å². The molecule has 0 bridgehead atoms. The maximum Gasteiger partial charge on any atom is 0.280 e. The molecule has 4 rings (SSSR count). The smallest absolute Gasteiger partial charge is 0.280 e. The maximum absolute atomic E-state index is 11.0. The molecule has 0 saturated heterocycles. The second kappa shape index (κ2) is 33.4. The zero-order valence-electron chi connectivity index (χ0n) is 32.3. The normalized spacial score (nSPS) is 8.02. The van der Waals surface area contributed by atoms with Crippen LogP contribution in [0.25, 0.3) is 9.69 Å². The first kappa shape index (κ1) is 54.0. The van der Waals surface area contributed by atoms with Crippen molar-refractivity contribution >= 4 is 34.6 Å². The Morgan fingerprint density at radius 3 is 1.22 bits per heavy atom. The predicted molar refractivity (Wildman–Crippen MR) is 214 cm³/mol. The number of carbonyl (C=O) groups excluding carboxylic acids is 2. The van der Waals surface area contributed by atoms with Crippen molar-refractivity contribution in [3.8, 4) is 0 Å². The number of aryl methyl sites for hydroxylation is 2. The fourth-order valence-corrected chi connectivity index (χ4v) is 3.36. The molecule has 10 nitrogen and oxygen atoms in total. The van der Waals surface area contributed by atoms with Crippen molar-refractivity contribution in [2.24, 2.45) is 14.1 Å². The zero-order chi connectivity index (χ0) is 39.1. The summed E-state index contributed by atoms with van der Waals surface area (Å²) in [6.45, 7) is 36.2. The highest BCUT2D eigenvalue weighted by Gasteiger charge is 2.14. The van der Waals surface area contributed by atoms with Crippen molar-refractivity contribution in [3.05, 3.63) is 128 Å². The van der Waals surface area contributed by atoms with Crippen molar-refractivity contribution < 1.29 is 14.5 Å². The van der Waals surface area contributed by atoms with Crippen molar-refractivity contribution in [3.63, 3.8) is 0 Å². The number of rotatable bonds is 4. The van der Waals surface area contributed by atoms with Gasteiger partial charge in [0.2, 0.25) is 11.6 Å². The summed E-state index contributed by atoms with van der Waals surface area (Å²) < 4.78 is 3.74. The number of nitrogens with one attached hydrogen (secondary N) is 1. The number of aromatic nitrogens is 2. The van der Waals surface area contributed by atoms with Crippen molar-refractivity contribution in [2.45, 2.75) is 90.5 Å². The maximum atomic E-state index is 11.0. The SMILES string of the molecule is C.CC.CC.CC.CC.CC(=O)c1ccccc1[N+](=O)[O-].CNc1ccccc1C(C)=O.[C-]#[N+]c1ccc(C)n1C.[C-]#[N+]c1ccc(C)n1C. The van der Waals surface area contributed by atoms with E-state index in [1.807, 2.05) is 148 Å². The van der Waals surface area contributed by atoms with Crippen LogP contribution in [0.1, 0.15) is 109 Å². The van der Waals surface area contributed by atoms with Gasteiger partial charge in [-0.1, -0.05) is 100 Å². The van der Waals surface area contributed by atoms with Crippen LogP contribution in [0.3, 0.4) is 0 Å². The van der Waals surface area contributed by atoms with Gasteiger partial charge in [-0.3, -0.25) is 19.7 Å². The fourth-order valence-electron chi connectivity index (χ4n) is 3.36. The minimum atomic E-state index is -0.559. The largest absolute Gasteiger partial charge is 0.388 e. The molecule has 2 aromatic heterocycles. The molecule has 0 amide bonds. The van der Waals surface area contributed by atoms with Crippen LogP contribution in [0.15, 0.2) is 72.8 Å². The lowest BCUT2D eigenvalue weighted by Gasteiger charge is -2.03. The highest BCUT2D eigenvalue weighted by atomic mass is 16.6. The van der Waals surface area contributed by atoms with Crippen LogP contribution in [-0.4, -0.2) is 32.7 Å². The number of carbonyl (C=O) groups is 2. The quantitative estimate of drug-likeness (QED) is 0.0992. The molecular formula is C40H62N6O4. The summed E-state index contributed by atoms with van der Waals surface area (Å²) in [6.07, 6.45) is 0. The van der Waals surface area contributed by atoms with Crippen molar-refractivity contribution in [1.29, 1.82) is 0 Å². The first-order valence-electron chi connectivity index (χ1n) is 16.4. The van der Waals surface area contributed by atoms with Gasteiger partial charge >= 0.3 is 0 Å². The van der Waals surface area contributed by atoms with E-state index in [2.05, 4.69) is 15.0 Å². The Kier molecular flexibility index (Phi) is 36.1. The predicted octanol–water partition coefficient (Wildman–Crippen LogP) is 12.2. The Morgan fingerprint density at radius 2 is 1.00 bits per heavy atom. The molecule has 10 heteroatoms. The number of ketones is 2. The molecular weight excluding hydrogens is 628 g/mol. The Hall–Kier alpha value is -5.48. The van der Waals surface area contributed by atoms with Crippen molar-refractivity contribution in [1.82, 2.24) is 9.13 Å². The summed E-state index contributed by atoms with van der Waals surface area (Å²) in [5.74, 6) is 1.21. The van der Waals surface area contributed by atoms with Crippen LogP contribution in [0.2, 0.25) is 0 Å². The molecule has 1 N–H and O–H groups in total. The van der Waals surface area contributed by atoms with E-state index in [4.69, 9.17) is 13.1 Å². The van der Waals surface area contributed by atoms with Gasteiger partial charge in [0.1, 0.15) is 0 Å². The second-order valence-electron chi connectivity index (χ2n) is 8.69. The molecule has 0 saturated carbocycles. The van der Waals surface area contributed by atoms with Crippen LogP contribution in [0.5, 0.6) is 0 Å². The van der Waals surface area contributed by atoms with E-state index in [1.54, 1.807) is 13.0 Å². The number of benzene rings is 2. The number of nitrogens with zero attached hydrogens (tertiary/aromatic N) is 5. The Labute approximate surface area is 303 Å². The fraction of sp³-hybridized carbons (Fsp3) is 0.400. The number of anilines is 1. The number of nitro benzene ring substituents is 1. The molecule has 0 unspecified atom stereocenters. The average Bonchev–Trinajstić information content (AvgIpc) is 3.66. The Morgan fingerprint density at radius 1 is 0.660 bits per heavy atom. The lowest BCUT2D eigenvalue weighted by atomic mass is 10.1. The van der Waals surface area contributed by atoms with Gasteiger partial charge in [0.15, 0.2) is 11.6 Å². The van der Waals surface area contributed by atoms with E-state index in [1.165, 1.54) is 25.1 Å². The van der Waals surface area contributed by atoms with Gasteiger partial charge in [-0.05, 0) is 70.2 Å². The molecule has 0 spiro atoms. The number of hydrogen-bond donors (Lipinski definition) is 1.